The van der Waals surface area contributed by atoms with Crippen molar-refractivity contribution in [2.75, 3.05) is 7.11 Å². The van der Waals surface area contributed by atoms with Crippen molar-refractivity contribution >= 4 is 5.69 Å². The van der Waals surface area contributed by atoms with Crippen LogP contribution >= 0.6 is 0 Å². The zero-order chi connectivity index (χ0) is 14.5. The highest BCUT2D eigenvalue weighted by Gasteiger charge is 2.11. The van der Waals surface area contributed by atoms with Crippen LogP contribution in [-0.4, -0.2) is 12.0 Å². The third-order valence-corrected chi connectivity index (χ3v) is 2.92. The van der Waals surface area contributed by atoms with Crippen molar-refractivity contribution in [2.45, 2.75) is 6.42 Å². The van der Waals surface area contributed by atoms with E-state index in [2.05, 4.69) is 6.07 Å². The molecule has 0 aliphatic heterocycles. The Morgan fingerprint density at radius 3 is 2.75 bits per heavy atom. The Balaban J connectivity index is 2.55. The maximum absolute atomic E-state index is 10.8. The van der Waals surface area contributed by atoms with E-state index in [4.69, 9.17) is 10.00 Å². The highest BCUT2D eigenvalue weighted by molar-refractivity contribution is 5.73. The highest BCUT2D eigenvalue weighted by atomic mass is 16.6. The van der Waals surface area contributed by atoms with Crippen molar-refractivity contribution in [2.24, 2.45) is 0 Å². The van der Waals surface area contributed by atoms with E-state index in [9.17, 15) is 10.1 Å². The van der Waals surface area contributed by atoms with Gasteiger partial charge >= 0.3 is 0 Å². The normalized spacial score (nSPS) is 9.80. The van der Waals surface area contributed by atoms with Gasteiger partial charge in [-0.1, -0.05) is 18.2 Å². The van der Waals surface area contributed by atoms with Crippen LogP contribution in [0.15, 0.2) is 42.5 Å². The average molecular weight is 268 g/mol. The first-order valence-corrected chi connectivity index (χ1v) is 5.94. The molecule has 0 radical (unpaired) electrons. The number of nitrogens with zero attached hydrogens (tertiary/aromatic N) is 2. The molecule has 0 atom stereocenters. The zero-order valence-corrected chi connectivity index (χ0v) is 10.9. The summed E-state index contributed by atoms with van der Waals surface area (Å²) in [5.41, 5.74) is 2.30. The Hall–Kier alpha value is -2.87. The molecule has 5 nitrogen and oxygen atoms in total. The molecule has 0 saturated heterocycles. The molecule has 20 heavy (non-hydrogen) atoms. The molecule has 0 saturated carbocycles. The molecule has 5 heteroatoms. The van der Waals surface area contributed by atoms with Crippen molar-refractivity contribution in [3.05, 3.63) is 58.1 Å². The lowest BCUT2D eigenvalue weighted by atomic mass is 10.0. The molecule has 0 bridgehead atoms. The zero-order valence-electron chi connectivity index (χ0n) is 10.9. The van der Waals surface area contributed by atoms with E-state index < -0.39 is 4.92 Å². The van der Waals surface area contributed by atoms with Crippen LogP contribution in [0.3, 0.4) is 0 Å². The van der Waals surface area contributed by atoms with Crippen LogP contribution in [0.2, 0.25) is 0 Å². The Bertz CT molecular complexity index is 690. The fourth-order valence-electron chi connectivity index (χ4n) is 1.97. The molecule has 2 aromatic carbocycles. The maximum atomic E-state index is 10.8. The number of ether oxygens (including phenoxy) is 1. The first-order valence-electron chi connectivity index (χ1n) is 5.94. The van der Waals surface area contributed by atoms with E-state index in [1.54, 1.807) is 25.3 Å². The van der Waals surface area contributed by atoms with Gasteiger partial charge < -0.3 is 4.74 Å². The average Bonchev–Trinajstić information content (AvgIpc) is 2.47. The van der Waals surface area contributed by atoms with Crippen LogP contribution < -0.4 is 4.74 Å². The Kier molecular flexibility index (Phi) is 3.96. The summed E-state index contributed by atoms with van der Waals surface area (Å²) >= 11 is 0. The van der Waals surface area contributed by atoms with E-state index in [1.165, 1.54) is 12.1 Å². The molecule has 2 aromatic rings. The second-order valence-electron chi connectivity index (χ2n) is 4.18. The van der Waals surface area contributed by atoms with Gasteiger partial charge in [0.2, 0.25) is 0 Å². The summed E-state index contributed by atoms with van der Waals surface area (Å²) in [4.78, 5) is 10.4. The van der Waals surface area contributed by atoms with Crippen molar-refractivity contribution in [1.82, 2.24) is 0 Å². The number of hydrogen-bond donors (Lipinski definition) is 0. The van der Waals surface area contributed by atoms with Gasteiger partial charge in [-0.05, 0) is 23.3 Å². The van der Waals surface area contributed by atoms with E-state index in [0.717, 1.165) is 11.1 Å². The maximum Gasteiger partial charge on any atom is 0.270 e. The van der Waals surface area contributed by atoms with Gasteiger partial charge in [0, 0.05) is 17.7 Å². The van der Waals surface area contributed by atoms with E-state index in [-0.39, 0.29) is 12.1 Å². The van der Waals surface area contributed by atoms with Crippen molar-refractivity contribution in [1.29, 1.82) is 5.26 Å². The summed E-state index contributed by atoms with van der Waals surface area (Å²) in [6.45, 7) is 0. The number of non-ortho nitro benzene ring substituents is 1. The fraction of sp³-hybridized carbons (Fsp3) is 0.133. The van der Waals surface area contributed by atoms with E-state index in [0.29, 0.717) is 11.3 Å². The summed E-state index contributed by atoms with van der Waals surface area (Å²) in [6.07, 6.45) is 0.284. The minimum Gasteiger partial charge on any atom is -0.496 e. The van der Waals surface area contributed by atoms with Crippen molar-refractivity contribution in [3.63, 3.8) is 0 Å². The SMILES string of the molecule is COc1ccc(CC#N)cc1-c1cccc([N+](=O)[O-])c1. The molecular formula is C15H12N2O3. The lowest BCUT2D eigenvalue weighted by molar-refractivity contribution is -0.384. The number of nitro benzene ring substituents is 1. The number of hydrogen-bond acceptors (Lipinski definition) is 4. The van der Waals surface area contributed by atoms with Gasteiger partial charge in [0.25, 0.3) is 5.69 Å². The largest absolute Gasteiger partial charge is 0.496 e. The molecule has 0 fully saturated rings. The van der Waals surface area contributed by atoms with Gasteiger partial charge in [-0.25, -0.2) is 0 Å². The molecule has 2 rings (SSSR count). The minimum atomic E-state index is -0.435. The van der Waals surface area contributed by atoms with Crippen molar-refractivity contribution in [3.8, 4) is 22.9 Å². The Labute approximate surface area is 116 Å². The summed E-state index contributed by atoms with van der Waals surface area (Å²) < 4.78 is 5.28. The highest BCUT2D eigenvalue weighted by Crippen LogP contribution is 2.32. The second-order valence-corrected chi connectivity index (χ2v) is 4.18. The van der Waals surface area contributed by atoms with Gasteiger partial charge in [-0.2, -0.15) is 5.26 Å². The minimum absolute atomic E-state index is 0.0234. The molecule has 0 heterocycles. The number of nitro groups is 1. The monoisotopic (exact) mass is 268 g/mol. The summed E-state index contributed by atoms with van der Waals surface area (Å²) in [6, 6.07) is 13.8. The van der Waals surface area contributed by atoms with Crippen molar-refractivity contribution < 1.29 is 9.66 Å². The van der Waals surface area contributed by atoms with Gasteiger partial charge in [0.1, 0.15) is 5.75 Å². The number of methoxy groups -OCH3 is 1. The molecule has 0 aliphatic rings. The summed E-state index contributed by atoms with van der Waals surface area (Å²) in [5, 5.41) is 19.6. The van der Waals surface area contributed by atoms with Gasteiger partial charge in [0.05, 0.1) is 24.5 Å². The van der Waals surface area contributed by atoms with Crippen LogP contribution in [0.4, 0.5) is 5.69 Å². The predicted octanol–water partition coefficient (Wildman–Crippen LogP) is 3.34. The van der Waals surface area contributed by atoms with Crippen LogP contribution in [0.25, 0.3) is 11.1 Å². The van der Waals surface area contributed by atoms with Crippen LogP contribution in [-0.2, 0) is 6.42 Å². The second kappa shape index (κ2) is 5.85. The lowest BCUT2D eigenvalue weighted by Gasteiger charge is -2.10. The first kappa shape index (κ1) is 13.6. The van der Waals surface area contributed by atoms with Crippen LogP contribution in [0.1, 0.15) is 5.56 Å². The molecular weight excluding hydrogens is 256 g/mol. The van der Waals surface area contributed by atoms with E-state index in [1.807, 2.05) is 12.1 Å². The first-order chi connectivity index (χ1) is 9.65. The molecule has 0 aliphatic carbocycles. The third kappa shape index (κ3) is 2.75. The summed E-state index contributed by atoms with van der Waals surface area (Å²) in [7, 11) is 1.54. The number of rotatable bonds is 4. The van der Waals surface area contributed by atoms with Crippen LogP contribution in [0.5, 0.6) is 5.75 Å². The molecule has 0 N–H and O–H groups in total. The fourth-order valence-corrected chi connectivity index (χ4v) is 1.97. The van der Waals surface area contributed by atoms with Gasteiger partial charge in [-0.15, -0.1) is 0 Å². The molecule has 0 amide bonds. The molecule has 0 aromatic heterocycles. The summed E-state index contributed by atoms with van der Waals surface area (Å²) in [5.74, 6) is 0.618. The van der Waals surface area contributed by atoms with Crippen LogP contribution in [0, 0.1) is 21.4 Å². The van der Waals surface area contributed by atoms with Gasteiger partial charge in [0.15, 0.2) is 0 Å². The Morgan fingerprint density at radius 2 is 2.10 bits per heavy atom. The lowest BCUT2D eigenvalue weighted by Crippen LogP contribution is -1.92. The smallest absolute Gasteiger partial charge is 0.270 e. The number of benzene rings is 2. The molecule has 0 spiro atoms. The topological polar surface area (TPSA) is 76.2 Å². The third-order valence-electron chi connectivity index (χ3n) is 2.92. The van der Waals surface area contributed by atoms with E-state index >= 15 is 0 Å². The quantitative estimate of drug-likeness (QED) is 0.629. The predicted molar refractivity (Wildman–Crippen MR) is 74.4 cm³/mol. The molecule has 0 unspecified atom stereocenters. The Morgan fingerprint density at radius 1 is 1.30 bits per heavy atom. The standard InChI is InChI=1S/C15H12N2O3/c1-20-15-6-5-11(7-8-16)9-14(15)12-3-2-4-13(10-12)17(18)19/h2-6,9-10H,7H2,1H3. The molecule has 100 valence electrons. The van der Waals surface area contributed by atoms with Gasteiger partial charge in [-0.3, -0.25) is 10.1 Å². The number of nitriles is 1.